The van der Waals surface area contributed by atoms with E-state index in [1.807, 2.05) is 42.5 Å². The zero-order chi connectivity index (χ0) is 13.2. The van der Waals surface area contributed by atoms with Crippen molar-refractivity contribution in [1.29, 1.82) is 0 Å². The van der Waals surface area contributed by atoms with Gasteiger partial charge in [-0.25, -0.2) is 9.97 Å². The summed E-state index contributed by atoms with van der Waals surface area (Å²) in [5.41, 5.74) is 1.82. The second-order valence-corrected chi connectivity index (χ2v) is 5.37. The maximum absolute atomic E-state index is 6.02. The Bertz CT molecular complexity index is 732. The van der Waals surface area contributed by atoms with Crippen molar-refractivity contribution < 1.29 is 0 Å². The zero-order valence-corrected chi connectivity index (χ0v) is 13.3. The molecule has 0 aliphatic rings. The first-order valence-corrected chi connectivity index (χ1v) is 6.82. The van der Waals surface area contributed by atoms with Crippen molar-refractivity contribution in [1.82, 2.24) is 9.97 Å². The number of nitrogens with zero attached hydrogens (tertiary/aromatic N) is 2. The molecule has 1 heterocycles. The number of benzene rings is 2. The van der Waals surface area contributed by atoms with Gasteiger partial charge in [0.25, 0.3) is 0 Å². The monoisotopic (exact) mass is 369 g/mol. The molecule has 0 saturated carbocycles. The fraction of sp³-hybridized carbons (Fsp3) is 0. The molecule has 0 bridgehead atoms. The van der Waals surface area contributed by atoms with Gasteiger partial charge in [-0.2, -0.15) is 0 Å². The smallest absolute Gasteiger partial charge is 0.141 e. The number of aromatic nitrogens is 2. The van der Waals surface area contributed by atoms with E-state index in [9.17, 15) is 0 Å². The summed E-state index contributed by atoms with van der Waals surface area (Å²) in [6, 6.07) is 13.5. The minimum Gasteiger partial charge on any atom is -0.340 e. The second kappa shape index (κ2) is 6.39. The van der Waals surface area contributed by atoms with Gasteiger partial charge in [0.15, 0.2) is 0 Å². The fourth-order valence-corrected chi connectivity index (χ4v) is 2.23. The summed E-state index contributed by atoms with van der Waals surface area (Å²) in [4.78, 5) is 8.49. The van der Waals surface area contributed by atoms with E-state index in [0.29, 0.717) is 5.02 Å². The number of hydrogen-bond donors (Lipinski definition) is 1. The molecule has 0 saturated heterocycles. The lowest BCUT2D eigenvalue weighted by atomic mass is 10.2. The molecule has 1 N–H and O–H groups in total. The lowest BCUT2D eigenvalue weighted by Crippen LogP contribution is -1.95. The molecule has 3 rings (SSSR count). The van der Waals surface area contributed by atoms with Crippen LogP contribution in [0.4, 0.5) is 11.5 Å². The van der Waals surface area contributed by atoms with Crippen molar-refractivity contribution in [3.63, 3.8) is 0 Å². The van der Waals surface area contributed by atoms with Gasteiger partial charge in [0.1, 0.15) is 12.1 Å². The number of anilines is 2. The molecular formula is C14H10BrCl2N3. The first kappa shape index (κ1) is 15.0. The van der Waals surface area contributed by atoms with E-state index in [2.05, 4.69) is 31.2 Å². The van der Waals surface area contributed by atoms with Gasteiger partial charge in [-0.05, 0) is 42.5 Å². The van der Waals surface area contributed by atoms with Crippen LogP contribution in [0.3, 0.4) is 0 Å². The number of nitrogens with one attached hydrogen (secondary N) is 1. The summed E-state index contributed by atoms with van der Waals surface area (Å²) >= 11 is 9.43. The van der Waals surface area contributed by atoms with Crippen LogP contribution in [0.25, 0.3) is 10.9 Å². The Morgan fingerprint density at radius 3 is 2.50 bits per heavy atom. The molecule has 3 aromatic rings. The summed E-state index contributed by atoms with van der Waals surface area (Å²) < 4.78 is 1.04. The van der Waals surface area contributed by atoms with Crippen LogP contribution in [0.15, 0.2) is 53.3 Å². The maximum Gasteiger partial charge on any atom is 0.141 e. The molecule has 3 nitrogen and oxygen atoms in total. The van der Waals surface area contributed by atoms with Crippen molar-refractivity contribution in [3.8, 4) is 0 Å². The Morgan fingerprint density at radius 2 is 1.75 bits per heavy atom. The minimum atomic E-state index is 0. The molecule has 0 radical (unpaired) electrons. The summed E-state index contributed by atoms with van der Waals surface area (Å²) in [5.74, 6) is 0.745. The highest BCUT2D eigenvalue weighted by atomic mass is 79.9. The largest absolute Gasteiger partial charge is 0.340 e. The van der Waals surface area contributed by atoms with Crippen LogP contribution in [-0.2, 0) is 0 Å². The molecule has 0 amide bonds. The molecule has 20 heavy (non-hydrogen) atoms. The molecular weight excluding hydrogens is 361 g/mol. The van der Waals surface area contributed by atoms with Gasteiger partial charge in [0, 0.05) is 20.6 Å². The number of fused-ring (bicyclic) bond motifs is 1. The van der Waals surface area contributed by atoms with Crippen molar-refractivity contribution in [2.45, 2.75) is 0 Å². The number of halogens is 3. The summed E-state index contributed by atoms with van der Waals surface area (Å²) in [7, 11) is 0. The molecule has 0 atom stereocenters. The van der Waals surface area contributed by atoms with Crippen molar-refractivity contribution in [3.05, 3.63) is 58.3 Å². The Kier molecular flexibility index (Phi) is 4.81. The van der Waals surface area contributed by atoms with Gasteiger partial charge < -0.3 is 5.32 Å². The van der Waals surface area contributed by atoms with Gasteiger partial charge in [-0.3, -0.25) is 0 Å². The Labute approximate surface area is 135 Å². The third-order valence-electron chi connectivity index (χ3n) is 2.70. The highest BCUT2D eigenvalue weighted by molar-refractivity contribution is 9.10. The summed E-state index contributed by atoms with van der Waals surface area (Å²) in [6.07, 6.45) is 1.54. The predicted molar refractivity (Wildman–Crippen MR) is 89.2 cm³/mol. The van der Waals surface area contributed by atoms with E-state index in [-0.39, 0.29) is 12.4 Å². The van der Waals surface area contributed by atoms with Gasteiger partial charge >= 0.3 is 0 Å². The Morgan fingerprint density at radius 1 is 1.00 bits per heavy atom. The lowest BCUT2D eigenvalue weighted by molar-refractivity contribution is 1.22. The molecule has 0 spiro atoms. The summed E-state index contributed by atoms with van der Waals surface area (Å²) in [5, 5.41) is 4.84. The first-order valence-electron chi connectivity index (χ1n) is 5.65. The fourth-order valence-electron chi connectivity index (χ4n) is 1.80. The molecule has 102 valence electrons. The van der Waals surface area contributed by atoms with Gasteiger partial charge in [-0.15, -0.1) is 12.4 Å². The molecule has 0 unspecified atom stereocenters. The number of hydrogen-bond acceptors (Lipinski definition) is 3. The molecule has 6 heteroatoms. The van der Waals surface area contributed by atoms with Crippen LogP contribution in [0, 0.1) is 0 Å². The van der Waals surface area contributed by atoms with E-state index < -0.39 is 0 Å². The van der Waals surface area contributed by atoms with Crippen LogP contribution < -0.4 is 5.32 Å². The van der Waals surface area contributed by atoms with Crippen molar-refractivity contribution in [2.75, 3.05) is 5.32 Å². The van der Waals surface area contributed by atoms with E-state index in [4.69, 9.17) is 11.6 Å². The number of rotatable bonds is 2. The molecule has 1 aromatic heterocycles. The maximum atomic E-state index is 6.02. The zero-order valence-electron chi connectivity index (χ0n) is 10.2. The van der Waals surface area contributed by atoms with Crippen LogP contribution in [0.1, 0.15) is 0 Å². The second-order valence-electron chi connectivity index (χ2n) is 4.02. The lowest BCUT2D eigenvalue weighted by Gasteiger charge is -2.08. The van der Waals surface area contributed by atoms with Gasteiger partial charge in [0.05, 0.1) is 5.52 Å². The van der Waals surface area contributed by atoms with Crippen molar-refractivity contribution in [2.24, 2.45) is 0 Å². The van der Waals surface area contributed by atoms with Crippen LogP contribution in [-0.4, -0.2) is 9.97 Å². The van der Waals surface area contributed by atoms with Crippen LogP contribution in [0.2, 0.25) is 5.02 Å². The molecule has 2 aromatic carbocycles. The van der Waals surface area contributed by atoms with E-state index in [0.717, 1.165) is 26.9 Å². The third kappa shape index (κ3) is 3.20. The highest BCUT2D eigenvalue weighted by Crippen LogP contribution is 2.26. The molecule has 0 aliphatic heterocycles. The van der Waals surface area contributed by atoms with E-state index >= 15 is 0 Å². The van der Waals surface area contributed by atoms with E-state index in [1.165, 1.54) is 6.33 Å². The Hall–Kier alpha value is -1.36. The summed E-state index contributed by atoms with van der Waals surface area (Å²) in [6.45, 7) is 0. The van der Waals surface area contributed by atoms with E-state index in [1.54, 1.807) is 0 Å². The Balaban J connectivity index is 0.00000147. The van der Waals surface area contributed by atoms with Crippen molar-refractivity contribution >= 4 is 62.3 Å². The average molecular weight is 371 g/mol. The van der Waals surface area contributed by atoms with Gasteiger partial charge in [0.2, 0.25) is 0 Å². The van der Waals surface area contributed by atoms with Crippen LogP contribution in [0.5, 0.6) is 0 Å². The third-order valence-corrected chi connectivity index (χ3v) is 3.47. The van der Waals surface area contributed by atoms with Crippen LogP contribution >= 0.6 is 39.9 Å². The molecule has 0 aliphatic carbocycles. The molecule has 0 fully saturated rings. The van der Waals surface area contributed by atoms with Gasteiger partial charge in [-0.1, -0.05) is 27.5 Å². The highest BCUT2D eigenvalue weighted by Gasteiger charge is 2.04. The SMILES string of the molecule is Cl.Clc1ccc2ncnc(Nc3ccc(Br)cc3)c2c1. The first-order chi connectivity index (χ1) is 9.22. The average Bonchev–Trinajstić information content (AvgIpc) is 2.42. The minimum absolute atomic E-state index is 0. The normalized spacial score (nSPS) is 10.1. The topological polar surface area (TPSA) is 37.8 Å². The predicted octanol–water partition coefficient (Wildman–Crippen LogP) is 5.21. The standard InChI is InChI=1S/C14H9BrClN3.ClH/c15-9-1-4-11(5-2-9)19-14-12-7-10(16)3-6-13(12)17-8-18-14;/h1-8H,(H,17,18,19);1H. The quantitative estimate of drug-likeness (QED) is 0.672.